The van der Waals surface area contributed by atoms with Gasteiger partial charge in [0.25, 0.3) is 0 Å². The van der Waals surface area contributed by atoms with Crippen molar-refractivity contribution in [2.24, 2.45) is 0 Å². The molecule has 0 aromatic carbocycles. The number of nitrogens with one attached hydrogen (secondary N) is 1. The lowest BCUT2D eigenvalue weighted by Gasteiger charge is -2.23. The summed E-state index contributed by atoms with van der Waals surface area (Å²) < 4.78 is 10.2. The Labute approximate surface area is 137 Å². The van der Waals surface area contributed by atoms with Crippen molar-refractivity contribution in [3.63, 3.8) is 0 Å². The van der Waals surface area contributed by atoms with Crippen LogP contribution in [-0.2, 0) is 16.0 Å². The van der Waals surface area contributed by atoms with E-state index in [0.29, 0.717) is 19.7 Å². The Bertz CT molecular complexity index is 500. The topological polar surface area (TPSA) is 80.8 Å². The van der Waals surface area contributed by atoms with Crippen molar-refractivity contribution in [1.29, 1.82) is 0 Å². The first-order valence-corrected chi connectivity index (χ1v) is 7.59. The zero-order chi connectivity index (χ0) is 17.3. The van der Waals surface area contributed by atoms with E-state index in [1.165, 1.54) is 4.90 Å². The third-order valence-electron chi connectivity index (χ3n) is 2.70. The molecule has 0 bridgehead atoms. The molecule has 0 unspecified atom stereocenters. The maximum Gasteiger partial charge on any atom is 0.410 e. The van der Waals surface area contributed by atoms with E-state index < -0.39 is 17.8 Å². The van der Waals surface area contributed by atoms with Gasteiger partial charge >= 0.3 is 12.2 Å². The van der Waals surface area contributed by atoms with Gasteiger partial charge in [0.1, 0.15) is 5.60 Å². The average Bonchev–Trinajstić information content (AvgIpc) is 2.45. The van der Waals surface area contributed by atoms with Crippen LogP contribution in [0.15, 0.2) is 24.5 Å². The number of hydrogen-bond acceptors (Lipinski definition) is 5. The second-order valence-corrected chi connectivity index (χ2v) is 5.90. The van der Waals surface area contributed by atoms with Gasteiger partial charge in [0.05, 0.1) is 6.61 Å². The van der Waals surface area contributed by atoms with Gasteiger partial charge in [0.2, 0.25) is 0 Å². The molecular weight excluding hydrogens is 298 g/mol. The number of alkyl carbamates (subject to hydrolysis) is 1. The molecule has 7 nitrogen and oxygen atoms in total. The maximum atomic E-state index is 12.0. The van der Waals surface area contributed by atoms with Crippen molar-refractivity contribution in [3.8, 4) is 0 Å². The first-order chi connectivity index (χ1) is 10.8. The van der Waals surface area contributed by atoms with Gasteiger partial charge < -0.3 is 19.7 Å². The summed E-state index contributed by atoms with van der Waals surface area (Å²) in [6, 6.07) is 3.65. The molecule has 0 spiro atoms. The number of carbonyl (C=O) groups excluding carboxylic acids is 2. The summed E-state index contributed by atoms with van der Waals surface area (Å²) in [6.07, 6.45) is 2.40. The van der Waals surface area contributed by atoms with Crippen LogP contribution in [0.5, 0.6) is 0 Å². The largest absolute Gasteiger partial charge is 0.450 e. The van der Waals surface area contributed by atoms with Gasteiger partial charge in [-0.25, -0.2) is 9.59 Å². The highest BCUT2D eigenvalue weighted by molar-refractivity contribution is 5.69. The Morgan fingerprint density at radius 3 is 2.48 bits per heavy atom. The molecule has 2 amide bonds. The molecule has 7 heteroatoms. The minimum atomic E-state index is -0.554. The molecule has 1 heterocycles. The van der Waals surface area contributed by atoms with Gasteiger partial charge in [-0.1, -0.05) is 0 Å². The summed E-state index contributed by atoms with van der Waals surface area (Å²) in [6.45, 7) is 8.41. The molecular formula is C16H25N3O4. The molecule has 128 valence electrons. The summed E-state index contributed by atoms with van der Waals surface area (Å²) in [4.78, 5) is 29.1. The van der Waals surface area contributed by atoms with E-state index in [2.05, 4.69) is 10.3 Å². The molecule has 1 aromatic rings. The monoisotopic (exact) mass is 323 g/mol. The van der Waals surface area contributed by atoms with E-state index in [9.17, 15) is 9.59 Å². The van der Waals surface area contributed by atoms with Gasteiger partial charge in [-0.05, 0) is 45.4 Å². The minimum absolute atomic E-state index is 0.277. The molecule has 0 saturated heterocycles. The van der Waals surface area contributed by atoms with Crippen LogP contribution in [0.1, 0.15) is 33.3 Å². The fourth-order valence-corrected chi connectivity index (χ4v) is 1.77. The van der Waals surface area contributed by atoms with Crippen LogP contribution in [0.25, 0.3) is 0 Å². The second-order valence-electron chi connectivity index (χ2n) is 5.90. The highest BCUT2D eigenvalue weighted by Crippen LogP contribution is 2.07. The molecule has 0 fully saturated rings. The summed E-state index contributed by atoms with van der Waals surface area (Å²) in [7, 11) is 0. The molecule has 0 atom stereocenters. The third-order valence-corrected chi connectivity index (χ3v) is 2.70. The molecule has 1 N–H and O–H groups in total. The Balaban J connectivity index is 2.53. The van der Waals surface area contributed by atoms with Gasteiger partial charge in [0, 0.05) is 32.0 Å². The van der Waals surface area contributed by atoms with Crippen molar-refractivity contribution in [3.05, 3.63) is 30.1 Å². The highest BCUT2D eigenvalue weighted by atomic mass is 16.6. The van der Waals surface area contributed by atoms with Gasteiger partial charge in [-0.2, -0.15) is 0 Å². The quantitative estimate of drug-likeness (QED) is 0.870. The SMILES string of the molecule is CCOC(=O)N(CCNC(=O)OC(C)(C)C)Cc1ccncc1. The number of ether oxygens (including phenoxy) is 2. The molecule has 0 aliphatic heterocycles. The van der Waals surface area contributed by atoms with Crippen LogP contribution in [0.2, 0.25) is 0 Å². The minimum Gasteiger partial charge on any atom is -0.450 e. The van der Waals surface area contributed by atoms with Gasteiger partial charge in [0.15, 0.2) is 0 Å². The van der Waals surface area contributed by atoms with Crippen molar-refractivity contribution < 1.29 is 19.1 Å². The number of aromatic nitrogens is 1. The van der Waals surface area contributed by atoms with E-state index >= 15 is 0 Å². The summed E-state index contributed by atoms with van der Waals surface area (Å²) in [5.41, 5.74) is 0.382. The number of hydrogen-bond donors (Lipinski definition) is 1. The Kier molecular flexibility index (Phi) is 7.31. The molecule has 0 radical (unpaired) electrons. The second kappa shape index (κ2) is 8.97. The average molecular weight is 323 g/mol. The molecule has 1 aromatic heterocycles. The smallest absolute Gasteiger partial charge is 0.410 e. The number of pyridine rings is 1. The Morgan fingerprint density at radius 2 is 1.91 bits per heavy atom. The van der Waals surface area contributed by atoms with E-state index in [4.69, 9.17) is 9.47 Å². The first kappa shape index (κ1) is 18.7. The van der Waals surface area contributed by atoms with E-state index in [1.807, 2.05) is 12.1 Å². The first-order valence-electron chi connectivity index (χ1n) is 7.59. The van der Waals surface area contributed by atoms with E-state index in [-0.39, 0.29) is 6.54 Å². The van der Waals surface area contributed by atoms with Crippen LogP contribution in [0.4, 0.5) is 9.59 Å². The van der Waals surface area contributed by atoms with E-state index in [1.54, 1.807) is 40.1 Å². The van der Waals surface area contributed by atoms with Crippen LogP contribution < -0.4 is 5.32 Å². The normalized spacial score (nSPS) is 10.8. The zero-order valence-corrected chi connectivity index (χ0v) is 14.2. The predicted molar refractivity (Wildman–Crippen MR) is 85.9 cm³/mol. The van der Waals surface area contributed by atoms with Crippen LogP contribution in [0, 0.1) is 0 Å². The van der Waals surface area contributed by atoms with Crippen molar-refractivity contribution >= 4 is 12.2 Å². The van der Waals surface area contributed by atoms with Crippen LogP contribution in [0.3, 0.4) is 0 Å². The lowest BCUT2D eigenvalue weighted by Crippen LogP contribution is -2.40. The number of rotatable bonds is 6. The third kappa shape index (κ3) is 8.04. The van der Waals surface area contributed by atoms with E-state index in [0.717, 1.165) is 5.56 Å². The van der Waals surface area contributed by atoms with Crippen molar-refractivity contribution in [2.45, 2.75) is 39.8 Å². The maximum absolute atomic E-state index is 12.0. The summed E-state index contributed by atoms with van der Waals surface area (Å²) in [5.74, 6) is 0. The van der Waals surface area contributed by atoms with Crippen molar-refractivity contribution in [2.75, 3.05) is 19.7 Å². The fourth-order valence-electron chi connectivity index (χ4n) is 1.77. The van der Waals surface area contributed by atoms with Gasteiger partial charge in [-0.15, -0.1) is 0 Å². The summed E-state index contributed by atoms with van der Waals surface area (Å²) >= 11 is 0. The standard InChI is InChI=1S/C16H25N3O4/c1-5-22-15(21)19(12-13-6-8-17-9-7-13)11-10-18-14(20)23-16(2,3)4/h6-9H,5,10-12H2,1-4H3,(H,18,20). The Morgan fingerprint density at radius 1 is 1.26 bits per heavy atom. The molecule has 0 aliphatic rings. The molecule has 1 rings (SSSR count). The Hall–Kier alpha value is -2.31. The zero-order valence-electron chi connectivity index (χ0n) is 14.2. The number of amides is 2. The van der Waals surface area contributed by atoms with Crippen LogP contribution in [-0.4, -0.2) is 47.4 Å². The molecule has 0 saturated carbocycles. The van der Waals surface area contributed by atoms with Gasteiger partial charge in [-0.3, -0.25) is 4.98 Å². The molecule has 0 aliphatic carbocycles. The highest BCUT2D eigenvalue weighted by Gasteiger charge is 2.18. The summed E-state index contributed by atoms with van der Waals surface area (Å²) in [5, 5.41) is 2.63. The fraction of sp³-hybridized carbons (Fsp3) is 0.562. The predicted octanol–water partition coefficient (Wildman–Crippen LogP) is 2.56. The number of carbonyl (C=O) groups is 2. The number of nitrogens with zero attached hydrogens (tertiary/aromatic N) is 2. The van der Waals surface area contributed by atoms with Crippen molar-refractivity contribution in [1.82, 2.24) is 15.2 Å². The molecule has 23 heavy (non-hydrogen) atoms. The lowest BCUT2D eigenvalue weighted by atomic mass is 10.2. The van der Waals surface area contributed by atoms with Crippen LogP contribution >= 0.6 is 0 Å². The lowest BCUT2D eigenvalue weighted by molar-refractivity contribution is 0.0516.